The van der Waals surface area contributed by atoms with Gasteiger partial charge in [0.25, 0.3) is 0 Å². The van der Waals surface area contributed by atoms with E-state index < -0.39 is 0 Å². The van der Waals surface area contributed by atoms with Crippen LogP contribution in [0.4, 0.5) is 0 Å². The molecule has 0 aliphatic heterocycles. The molecule has 0 atom stereocenters. The monoisotopic (exact) mass is 778 g/mol. The highest BCUT2D eigenvalue weighted by atomic mass is 15.0. The topological polar surface area (TPSA) is 35.6 Å². The lowest BCUT2D eigenvalue weighted by Crippen LogP contribution is -2.17. The Labute approximate surface area is 352 Å². The summed E-state index contributed by atoms with van der Waals surface area (Å²) >= 11 is 0. The van der Waals surface area contributed by atoms with Gasteiger partial charge in [-0.25, -0.2) is 9.97 Å². The van der Waals surface area contributed by atoms with E-state index in [9.17, 15) is 0 Å². The Kier molecular flexibility index (Phi) is 7.04. The fraction of sp³-hybridized carbons (Fsp3) is 0.0526. The van der Waals surface area contributed by atoms with Crippen LogP contribution in [0, 0.1) is 0 Å². The van der Waals surface area contributed by atoms with Gasteiger partial charge in [-0.1, -0.05) is 135 Å². The molecule has 0 unspecified atom stereocenters. The highest BCUT2D eigenvalue weighted by molar-refractivity contribution is 6.14. The first-order valence-corrected chi connectivity index (χ1v) is 21.1. The summed E-state index contributed by atoms with van der Waals surface area (Å²) < 4.78 is 4.77. The van der Waals surface area contributed by atoms with Gasteiger partial charge < -0.3 is 9.13 Å². The van der Waals surface area contributed by atoms with Crippen LogP contribution in [0.25, 0.3) is 110 Å². The highest BCUT2D eigenvalue weighted by Gasteiger charge is 2.40. The molecule has 3 heterocycles. The molecule has 13 rings (SSSR count). The Balaban J connectivity index is 0.992. The van der Waals surface area contributed by atoms with E-state index >= 15 is 0 Å². The van der Waals surface area contributed by atoms with Gasteiger partial charge in [-0.2, -0.15) is 0 Å². The zero-order valence-corrected chi connectivity index (χ0v) is 33.8. The van der Waals surface area contributed by atoms with Crippen molar-refractivity contribution in [3.05, 3.63) is 205 Å². The molecule has 0 bridgehead atoms. The largest absolute Gasteiger partial charge is 0.309 e. The van der Waals surface area contributed by atoms with E-state index in [1.54, 1.807) is 0 Å². The molecule has 0 spiro atoms. The first kappa shape index (κ1) is 34.1. The van der Waals surface area contributed by atoms with Crippen molar-refractivity contribution in [2.75, 3.05) is 0 Å². The van der Waals surface area contributed by atoms with E-state index in [1.807, 2.05) is 0 Å². The number of hydrogen-bond acceptors (Lipinski definition) is 2. The summed E-state index contributed by atoms with van der Waals surface area (Å²) in [6.07, 6.45) is 0. The molecular formula is C57H38N4. The molecule has 61 heavy (non-hydrogen) atoms. The van der Waals surface area contributed by atoms with Gasteiger partial charge in [0, 0.05) is 60.6 Å². The van der Waals surface area contributed by atoms with Crippen LogP contribution in [0.15, 0.2) is 194 Å². The highest BCUT2D eigenvalue weighted by Crippen LogP contribution is 2.52. The molecule has 1 aliphatic rings. The molecule has 0 saturated heterocycles. The van der Waals surface area contributed by atoms with Crippen molar-refractivity contribution in [1.29, 1.82) is 0 Å². The lowest BCUT2D eigenvalue weighted by atomic mass is 9.80. The second-order valence-electron chi connectivity index (χ2n) is 17.0. The maximum atomic E-state index is 5.55. The molecule has 0 saturated carbocycles. The number of rotatable bonds is 4. The summed E-state index contributed by atoms with van der Waals surface area (Å²) in [6, 6.07) is 70.5. The number of aromatic nitrogens is 4. The average molecular weight is 779 g/mol. The SMILES string of the molecule is CC1(C)c2ccccc2-c2nc(-c3ccc4c(c3)c3ccccc3n4-c3ccccc3)nc(-c3ccc4cc(-n5c6ccccc6c6cc7ccccc7cc65)ccc4c3)c21. The molecule has 3 aromatic heterocycles. The van der Waals surface area contributed by atoms with Gasteiger partial charge in [0.05, 0.1) is 33.5 Å². The lowest BCUT2D eigenvalue weighted by molar-refractivity contribution is 0.658. The van der Waals surface area contributed by atoms with Crippen LogP contribution in [0.2, 0.25) is 0 Å². The van der Waals surface area contributed by atoms with Gasteiger partial charge in [0.1, 0.15) is 0 Å². The fourth-order valence-corrected chi connectivity index (χ4v) is 10.4. The summed E-state index contributed by atoms with van der Waals surface area (Å²) in [7, 11) is 0. The Morgan fingerprint density at radius 2 is 0.951 bits per heavy atom. The number of nitrogens with zero attached hydrogens (tertiary/aromatic N) is 4. The molecule has 286 valence electrons. The minimum absolute atomic E-state index is 0.285. The van der Waals surface area contributed by atoms with Crippen molar-refractivity contribution in [1.82, 2.24) is 19.1 Å². The second kappa shape index (κ2) is 12.6. The van der Waals surface area contributed by atoms with Crippen LogP contribution in [0.1, 0.15) is 25.0 Å². The molecule has 4 nitrogen and oxygen atoms in total. The number of benzene rings is 9. The predicted molar refractivity (Wildman–Crippen MR) is 254 cm³/mol. The predicted octanol–water partition coefficient (Wildman–Crippen LogP) is 14.6. The summed E-state index contributed by atoms with van der Waals surface area (Å²) in [4.78, 5) is 11.0. The van der Waals surface area contributed by atoms with E-state index in [1.165, 1.54) is 76.3 Å². The second-order valence-corrected chi connectivity index (χ2v) is 17.0. The van der Waals surface area contributed by atoms with Crippen LogP contribution in [-0.2, 0) is 5.41 Å². The maximum absolute atomic E-state index is 5.55. The van der Waals surface area contributed by atoms with Gasteiger partial charge in [-0.3, -0.25) is 0 Å². The number of fused-ring (bicyclic) bond motifs is 11. The first-order valence-electron chi connectivity index (χ1n) is 21.1. The number of hydrogen-bond donors (Lipinski definition) is 0. The van der Waals surface area contributed by atoms with Crippen molar-refractivity contribution in [2.45, 2.75) is 19.3 Å². The van der Waals surface area contributed by atoms with Gasteiger partial charge in [-0.15, -0.1) is 0 Å². The van der Waals surface area contributed by atoms with Crippen LogP contribution in [0.3, 0.4) is 0 Å². The summed E-state index contributed by atoms with van der Waals surface area (Å²) in [5, 5.41) is 9.77. The molecule has 9 aromatic carbocycles. The van der Waals surface area contributed by atoms with Crippen LogP contribution in [-0.4, -0.2) is 19.1 Å². The Bertz CT molecular complexity index is 3790. The Morgan fingerprint density at radius 1 is 0.377 bits per heavy atom. The van der Waals surface area contributed by atoms with E-state index in [-0.39, 0.29) is 5.41 Å². The fourth-order valence-electron chi connectivity index (χ4n) is 10.4. The Morgan fingerprint density at radius 3 is 1.75 bits per heavy atom. The van der Waals surface area contributed by atoms with Crippen molar-refractivity contribution in [3.8, 4) is 45.3 Å². The third-order valence-corrected chi connectivity index (χ3v) is 13.2. The van der Waals surface area contributed by atoms with Gasteiger partial charge >= 0.3 is 0 Å². The van der Waals surface area contributed by atoms with Crippen LogP contribution < -0.4 is 0 Å². The van der Waals surface area contributed by atoms with E-state index in [2.05, 4.69) is 217 Å². The van der Waals surface area contributed by atoms with Crippen molar-refractivity contribution >= 4 is 65.2 Å². The van der Waals surface area contributed by atoms with E-state index in [4.69, 9.17) is 9.97 Å². The quantitative estimate of drug-likeness (QED) is 0.178. The number of para-hydroxylation sites is 3. The molecule has 12 aromatic rings. The average Bonchev–Trinajstić information content (AvgIpc) is 3.90. The molecule has 0 radical (unpaired) electrons. The Hall–Kier alpha value is -7.82. The summed E-state index contributed by atoms with van der Waals surface area (Å²) in [5.41, 5.74) is 14.5. The van der Waals surface area contributed by atoms with Gasteiger partial charge in [0.2, 0.25) is 0 Å². The zero-order chi connectivity index (χ0) is 40.4. The normalized spacial score (nSPS) is 13.2. The molecule has 0 fully saturated rings. The van der Waals surface area contributed by atoms with E-state index in [0.29, 0.717) is 0 Å². The molecular weight excluding hydrogens is 741 g/mol. The van der Waals surface area contributed by atoms with Crippen LogP contribution >= 0.6 is 0 Å². The molecule has 0 N–H and O–H groups in total. The van der Waals surface area contributed by atoms with Crippen molar-refractivity contribution in [3.63, 3.8) is 0 Å². The molecule has 1 aliphatic carbocycles. The van der Waals surface area contributed by atoms with Gasteiger partial charge in [-0.05, 0) is 99.9 Å². The van der Waals surface area contributed by atoms with E-state index in [0.717, 1.165) is 45.2 Å². The zero-order valence-electron chi connectivity index (χ0n) is 33.8. The van der Waals surface area contributed by atoms with Crippen LogP contribution in [0.5, 0.6) is 0 Å². The van der Waals surface area contributed by atoms with Gasteiger partial charge in [0.15, 0.2) is 5.82 Å². The molecule has 4 heteroatoms. The smallest absolute Gasteiger partial charge is 0.160 e. The summed E-state index contributed by atoms with van der Waals surface area (Å²) in [6.45, 7) is 4.63. The minimum atomic E-state index is -0.285. The third-order valence-electron chi connectivity index (χ3n) is 13.2. The van der Waals surface area contributed by atoms with Crippen molar-refractivity contribution in [2.24, 2.45) is 0 Å². The first-order chi connectivity index (χ1) is 30.0. The summed E-state index contributed by atoms with van der Waals surface area (Å²) in [5.74, 6) is 0.731. The minimum Gasteiger partial charge on any atom is -0.309 e. The standard InChI is InChI=1S/C57H38N4/c1-57(2)48-21-11-8-20-45(48)55-53(57)54(58-56(59-55)40-27-29-51-46(33-40)43-18-9-12-22-49(43)60(51)41-16-4-3-5-17-41)39-25-24-38-31-42(28-26-37(38)30-39)61-50-23-13-10-19-44(50)47-32-35-14-6-7-15-36(35)34-52(47)61/h3-34H,1-2H3. The van der Waals surface area contributed by atoms with Crippen molar-refractivity contribution < 1.29 is 0 Å². The molecule has 0 amide bonds. The lowest BCUT2D eigenvalue weighted by Gasteiger charge is -2.24. The maximum Gasteiger partial charge on any atom is 0.160 e. The third kappa shape index (κ3) is 4.93.